The molecule has 0 nitrogen and oxygen atoms in total. The Hall–Kier alpha value is -2.52. The zero-order valence-corrected chi connectivity index (χ0v) is 14.4. The van der Waals surface area contributed by atoms with Crippen LogP contribution in [0.1, 0.15) is 0 Å². The van der Waals surface area contributed by atoms with Crippen molar-refractivity contribution in [3.05, 3.63) is 109 Å². The molecule has 0 spiro atoms. The smallest absolute Gasteiger partial charge is 0 e. The zero-order valence-electron chi connectivity index (χ0n) is 14.4. The van der Waals surface area contributed by atoms with Gasteiger partial charge in [0.1, 0.15) is 0 Å². The van der Waals surface area contributed by atoms with Crippen molar-refractivity contribution < 1.29 is 0 Å². The second-order valence-electron chi connectivity index (χ2n) is 5.83. The van der Waals surface area contributed by atoms with Crippen LogP contribution in [0.4, 0.5) is 0 Å². The molecule has 0 N–H and O–H groups in total. The summed E-state index contributed by atoms with van der Waals surface area (Å²) in [6, 6.07) is 38.4. The van der Waals surface area contributed by atoms with Gasteiger partial charge in [0.25, 0.3) is 0 Å². The zero-order chi connectivity index (χ0) is 16.2. The number of hydrogen-bond acceptors (Lipinski definition) is 0. The fourth-order valence-corrected chi connectivity index (χ4v) is 3.18. The van der Waals surface area contributed by atoms with Gasteiger partial charge in [-0.2, -0.15) is 0 Å². The van der Waals surface area contributed by atoms with Crippen molar-refractivity contribution in [1.82, 2.24) is 0 Å². The Morgan fingerprint density at radius 2 is 0.680 bits per heavy atom. The summed E-state index contributed by atoms with van der Waals surface area (Å²) in [5.74, 6) is 0. The van der Waals surface area contributed by atoms with Gasteiger partial charge in [0.15, 0.2) is 0 Å². The van der Waals surface area contributed by atoms with Crippen LogP contribution in [-0.2, 0) is 0 Å². The van der Waals surface area contributed by atoms with Crippen molar-refractivity contribution in [3.63, 3.8) is 0 Å². The summed E-state index contributed by atoms with van der Waals surface area (Å²) in [6.07, 6.45) is 0. The van der Waals surface area contributed by atoms with Crippen LogP contribution in [0.2, 0.25) is 0 Å². The normalized spacial score (nSPS) is 10.1. The van der Waals surface area contributed by atoms with Crippen molar-refractivity contribution in [2.24, 2.45) is 0 Å². The van der Waals surface area contributed by atoms with Crippen LogP contribution in [0.3, 0.4) is 0 Å². The van der Waals surface area contributed by atoms with E-state index in [2.05, 4.69) is 109 Å². The average molecular weight is 313 g/mol. The van der Waals surface area contributed by atoms with Crippen LogP contribution >= 0.6 is 0 Å². The molecule has 0 aliphatic heterocycles. The van der Waals surface area contributed by atoms with E-state index < -0.39 is 0 Å². The van der Waals surface area contributed by atoms with Gasteiger partial charge in [-0.3, -0.25) is 0 Å². The molecule has 4 aromatic rings. The monoisotopic (exact) mass is 313 g/mol. The van der Waals surface area contributed by atoms with E-state index in [1.807, 2.05) is 0 Å². The van der Waals surface area contributed by atoms with Gasteiger partial charge in [0.05, 0.1) is 0 Å². The van der Waals surface area contributed by atoms with Crippen molar-refractivity contribution in [1.29, 1.82) is 0 Å². The van der Waals surface area contributed by atoms with E-state index in [1.54, 1.807) is 0 Å². The molecule has 0 saturated carbocycles. The molecule has 0 aliphatic rings. The van der Waals surface area contributed by atoms with Gasteiger partial charge in [-0.15, -0.1) is 0 Å². The third kappa shape index (κ3) is 3.61. The summed E-state index contributed by atoms with van der Waals surface area (Å²) in [5.41, 5.74) is 7.56. The molecular formula is C24H18Li. The number of rotatable bonds is 3. The summed E-state index contributed by atoms with van der Waals surface area (Å²) in [5, 5.41) is 0. The summed E-state index contributed by atoms with van der Waals surface area (Å²) < 4.78 is 0. The average Bonchev–Trinajstić information content (AvgIpc) is 2.69. The van der Waals surface area contributed by atoms with Crippen LogP contribution in [0.5, 0.6) is 0 Å². The topological polar surface area (TPSA) is 0 Å². The van der Waals surface area contributed by atoms with Crippen molar-refractivity contribution in [3.8, 4) is 33.4 Å². The summed E-state index contributed by atoms with van der Waals surface area (Å²) >= 11 is 0. The third-order valence-electron chi connectivity index (χ3n) is 4.30. The summed E-state index contributed by atoms with van der Waals surface area (Å²) in [4.78, 5) is 0. The molecule has 115 valence electrons. The largest absolute Gasteiger partial charge is 0.0622 e. The fourth-order valence-electron chi connectivity index (χ4n) is 3.18. The number of hydrogen-bond donors (Lipinski definition) is 0. The standard InChI is InChI=1S/C24H18.Li/c1-4-11-19(12-5-1)22-17-10-18-23(20-13-6-2-7-14-20)24(22)21-15-8-3-9-16-21;/h1-18H;. The predicted octanol–water partition coefficient (Wildman–Crippen LogP) is 6.31. The van der Waals surface area contributed by atoms with Crippen molar-refractivity contribution >= 4 is 18.9 Å². The van der Waals surface area contributed by atoms with Crippen LogP contribution in [0, 0.1) is 0 Å². The van der Waals surface area contributed by atoms with E-state index in [-0.39, 0.29) is 18.9 Å². The molecule has 25 heavy (non-hydrogen) atoms. The second-order valence-corrected chi connectivity index (χ2v) is 5.83. The predicted molar refractivity (Wildman–Crippen MR) is 109 cm³/mol. The molecule has 0 heterocycles. The van der Waals surface area contributed by atoms with Gasteiger partial charge in [-0.1, -0.05) is 109 Å². The number of benzene rings is 4. The molecule has 1 radical (unpaired) electrons. The summed E-state index contributed by atoms with van der Waals surface area (Å²) in [6.45, 7) is 0. The van der Waals surface area contributed by atoms with Crippen LogP contribution in [0.15, 0.2) is 109 Å². The maximum absolute atomic E-state index is 2.21. The quantitative estimate of drug-likeness (QED) is 0.389. The Morgan fingerprint density at radius 3 is 1.08 bits per heavy atom. The van der Waals surface area contributed by atoms with Gasteiger partial charge in [0.2, 0.25) is 0 Å². The Labute approximate surface area is 161 Å². The van der Waals surface area contributed by atoms with Crippen LogP contribution in [-0.4, -0.2) is 18.9 Å². The molecule has 4 rings (SSSR count). The second kappa shape index (κ2) is 8.04. The molecule has 0 aliphatic carbocycles. The Bertz CT molecular complexity index is 872. The maximum Gasteiger partial charge on any atom is 0 e. The SMILES string of the molecule is [Li].c1ccc(-c2cccc(-c3ccccc3)c2-c2ccccc2)cc1. The van der Waals surface area contributed by atoms with E-state index in [1.165, 1.54) is 33.4 Å². The minimum atomic E-state index is 0. The van der Waals surface area contributed by atoms with E-state index in [0.29, 0.717) is 0 Å². The van der Waals surface area contributed by atoms with E-state index in [9.17, 15) is 0 Å². The third-order valence-corrected chi connectivity index (χ3v) is 4.30. The first-order valence-corrected chi connectivity index (χ1v) is 8.23. The van der Waals surface area contributed by atoms with E-state index in [4.69, 9.17) is 0 Å². The minimum absolute atomic E-state index is 0. The molecule has 1 heteroatoms. The van der Waals surface area contributed by atoms with Gasteiger partial charge in [-0.05, 0) is 33.4 Å². The first-order valence-electron chi connectivity index (χ1n) is 8.23. The van der Waals surface area contributed by atoms with Gasteiger partial charge >= 0.3 is 0 Å². The molecule has 0 aromatic heterocycles. The summed E-state index contributed by atoms with van der Waals surface area (Å²) in [7, 11) is 0. The molecule has 0 saturated heterocycles. The van der Waals surface area contributed by atoms with Gasteiger partial charge in [-0.25, -0.2) is 0 Å². The van der Waals surface area contributed by atoms with Crippen molar-refractivity contribution in [2.75, 3.05) is 0 Å². The molecule has 0 fully saturated rings. The first kappa shape index (κ1) is 17.3. The Kier molecular flexibility index (Phi) is 5.56. The minimum Gasteiger partial charge on any atom is -0.0622 e. The molecule has 0 unspecified atom stereocenters. The molecule has 0 atom stereocenters. The fraction of sp³-hybridized carbons (Fsp3) is 0. The van der Waals surface area contributed by atoms with E-state index >= 15 is 0 Å². The molecular weight excluding hydrogens is 295 g/mol. The van der Waals surface area contributed by atoms with Gasteiger partial charge in [0, 0.05) is 18.9 Å². The van der Waals surface area contributed by atoms with Crippen LogP contribution < -0.4 is 0 Å². The van der Waals surface area contributed by atoms with Crippen LogP contribution in [0.25, 0.3) is 33.4 Å². The first-order chi connectivity index (χ1) is 11.9. The Morgan fingerprint density at radius 1 is 0.320 bits per heavy atom. The molecule has 0 bridgehead atoms. The Balaban J connectivity index is 0.00000182. The van der Waals surface area contributed by atoms with Crippen molar-refractivity contribution in [2.45, 2.75) is 0 Å². The van der Waals surface area contributed by atoms with Gasteiger partial charge < -0.3 is 0 Å². The maximum atomic E-state index is 2.21. The molecule has 4 aromatic carbocycles. The molecule has 0 amide bonds. The van der Waals surface area contributed by atoms with E-state index in [0.717, 1.165) is 0 Å².